The molecule has 0 radical (unpaired) electrons. The van der Waals surface area contributed by atoms with Gasteiger partial charge in [-0.05, 0) is 68.5 Å². The molecule has 0 aliphatic carbocycles. The fraction of sp³-hybridized carbons (Fsp3) is 0.440. The van der Waals surface area contributed by atoms with Crippen molar-refractivity contribution in [3.63, 3.8) is 0 Å². The summed E-state index contributed by atoms with van der Waals surface area (Å²) >= 11 is 12.4. The Morgan fingerprint density at radius 1 is 1.06 bits per heavy atom. The van der Waals surface area contributed by atoms with Gasteiger partial charge in [-0.3, -0.25) is 9.59 Å². The van der Waals surface area contributed by atoms with E-state index in [1.165, 1.54) is 4.90 Å². The Kier molecular flexibility index (Phi) is 9.85. The summed E-state index contributed by atoms with van der Waals surface area (Å²) in [5, 5.41) is 3.95. The van der Waals surface area contributed by atoms with E-state index in [2.05, 4.69) is 5.32 Å². The van der Waals surface area contributed by atoms with Crippen molar-refractivity contribution < 1.29 is 14.3 Å². The molecule has 0 saturated carbocycles. The van der Waals surface area contributed by atoms with Gasteiger partial charge in [0.05, 0.1) is 0 Å². The molecular weight excluding hydrogens is 447 g/mol. The molecule has 0 saturated heterocycles. The Morgan fingerprint density at radius 3 is 2.41 bits per heavy atom. The molecule has 0 aliphatic rings. The number of rotatable bonds is 10. The second-order valence-corrected chi connectivity index (χ2v) is 8.90. The minimum absolute atomic E-state index is 0.0128. The van der Waals surface area contributed by atoms with E-state index < -0.39 is 6.04 Å². The molecule has 32 heavy (non-hydrogen) atoms. The standard InChI is InChI=1S/C25H32Cl2N2O3/c1-6-18(5)28-25(31)22(7-2)29(14-19-10-11-20(26)13-21(19)27)24(30)15-32-23-12-16(3)8-9-17(23)4/h8-13,18,22H,6-7,14-15H2,1-5H3,(H,28,31)/t18-,22+/m1/s1. The van der Waals surface area contributed by atoms with Crippen LogP contribution in [0.2, 0.25) is 10.0 Å². The van der Waals surface area contributed by atoms with Gasteiger partial charge in [0, 0.05) is 22.6 Å². The predicted octanol–water partition coefficient (Wildman–Crippen LogP) is 5.71. The molecule has 7 heteroatoms. The average Bonchev–Trinajstić information content (AvgIpc) is 2.75. The molecule has 2 aromatic rings. The summed E-state index contributed by atoms with van der Waals surface area (Å²) in [4.78, 5) is 27.8. The zero-order chi connectivity index (χ0) is 23.8. The number of carbonyl (C=O) groups is 2. The molecule has 0 aromatic heterocycles. The van der Waals surface area contributed by atoms with Crippen LogP contribution in [0.25, 0.3) is 0 Å². The van der Waals surface area contributed by atoms with Gasteiger partial charge in [0.2, 0.25) is 5.91 Å². The van der Waals surface area contributed by atoms with Gasteiger partial charge in [-0.25, -0.2) is 0 Å². The lowest BCUT2D eigenvalue weighted by Gasteiger charge is -2.31. The van der Waals surface area contributed by atoms with Crippen molar-refractivity contribution in [1.82, 2.24) is 10.2 Å². The first-order valence-corrected chi connectivity index (χ1v) is 11.7. The number of carbonyl (C=O) groups excluding carboxylic acids is 2. The number of halogens is 2. The summed E-state index contributed by atoms with van der Waals surface area (Å²) < 4.78 is 5.85. The van der Waals surface area contributed by atoms with E-state index in [1.54, 1.807) is 18.2 Å². The number of ether oxygens (including phenoxy) is 1. The van der Waals surface area contributed by atoms with Crippen LogP contribution in [-0.4, -0.2) is 35.4 Å². The first kappa shape index (κ1) is 26.0. The average molecular weight is 479 g/mol. The number of hydrogen-bond donors (Lipinski definition) is 1. The highest BCUT2D eigenvalue weighted by Crippen LogP contribution is 2.24. The number of nitrogens with zero attached hydrogens (tertiary/aromatic N) is 1. The Labute approximate surface area is 201 Å². The second-order valence-electron chi connectivity index (χ2n) is 8.06. The Morgan fingerprint density at radius 2 is 1.78 bits per heavy atom. The van der Waals surface area contributed by atoms with Crippen LogP contribution in [0.15, 0.2) is 36.4 Å². The van der Waals surface area contributed by atoms with E-state index in [0.717, 1.165) is 17.5 Å². The molecule has 0 aliphatic heterocycles. The molecule has 1 N–H and O–H groups in total. The smallest absolute Gasteiger partial charge is 0.261 e. The molecule has 0 unspecified atom stereocenters. The molecule has 2 rings (SSSR count). The van der Waals surface area contributed by atoms with Crippen LogP contribution in [0, 0.1) is 13.8 Å². The summed E-state index contributed by atoms with van der Waals surface area (Å²) in [5.74, 6) is 0.176. The molecule has 2 amide bonds. The maximum Gasteiger partial charge on any atom is 0.261 e. The minimum Gasteiger partial charge on any atom is -0.483 e. The monoisotopic (exact) mass is 478 g/mol. The van der Waals surface area contributed by atoms with Crippen molar-refractivity contribution >= 4 is 35.0 Å². The lowest BCUT2D eigenvalue weighted by Crippen LogP contribution is -2.51. The van der Waals surface area contributed by atoms with Gasteiger partial charge in [-0.15, -0.1) is 0 Å². The zero-order valence-corrected chi connectivity index (χ0v) is 20.9. The van der Waals surface area contributed by atoms with E-state index in [1.807, 2.05) is 52.8 Å². The number of hydrogen-bond acceptors (Lipinski definition) is 3. The fourth-order valence-corrected chi connectivity index (χ4v) is 3.75. The van der Waals surface area contributed by atoms with Crippen LogP contribution in [-0.2, 0) is 16.1 Å². The van der Waals surface area contributed by atoms with Crippen molar-refractivity contribution in [3.8, 4) is 5.75 Å². The van der Waals surface area contributed by atoms with Crippen molar-refractivity contribution in [2.24, 2.45) is 0 Å². The van der Waals surface area contributed by atoms with E-state index in [9.17, 15) is 9.59 Å². The van der Waals surface area contributed by atoms with Crippen LogP contribution >= 0.6 is 23.2 Å². The van der Waals surface area contributed by atoms with Crippen LogP contribution in [0.4, 0.5) is 0 Å². The first-order valence-electron chi connectivity index (χ1n) is 10.9. The third-order valence-electron chi connectivity index (χ3n) is 5.44. The molecule has 2 aromatic carbocycles. The van der Waals surface area contributed by atoms with Crippen molar-refractivity contribution in [2.45, 2.75) is 66.1 Å². The third kappa shape index (κ3) is 7.14. The van der Waals surface area contributed by atoms with Gasteiger partial charge in [0.15, 0.2) is 6.61 Å². The van der Waals surface area contributed by atoms with Gasteiger partial charge >= 0.3 is 0 Å². The van der Waals surface area contributed by atoms with Crippen LogP contribution in [0.3, 0.4) is 0 Å². The van der Waals surface area contributed by atoms with Crippen LogP contribution in [0.1, 0.15) is 50.3 Å². The minimum atomic E-state index is -0.648. The highest BCUT2D eigenvalue weighted by Gasteiger charge is 2.30. The van der Waals surface area contributed by atoms with E-state index in [-0.39, 0.29) is 31.0 Å². The number of nitrogens with one attached hydrogen (secondary N) is 1. The van der Waals surface area contributed by atoms with Crippen molar-refractivity contribution in [2.75, 3.05) is 6.61 Å². The fourth-order valence-electron chi connectivity index (χ4n) is 3.28. The maximum absolute atomic E-state index is 13.3. The molecule has 0 spiro atoms. The van der Waals surface area contributed by atoms with Gasteiger partial charge in [0.1, 0.15) is 11.8 Å². The van der Waals surface area contributed by atoms with Crippen molar-refractivity contribution in [3.05, 3.63) is 63.1 Å². The topological polar surface area (TPSA) is 58.6 Å². The Hall–Kier alpha value is -2.24. The van der Waals surface area contributed by atoms with Gasteiger partial charge in [-0.2, -0.15) is 0 Å². The normalized spacial score (nSPS) is 12.7. The highest BCUT2D eigenvalue weighted by molar-refractivity contribution is 6.35. The molecule has 0 fully saturated rings. The summed E-state index contributed by atoms with van der Waals surface area (Å²) in [6.45, 7) is 9.72. The predicted molar refractivity (Wildman–Crippen MR) is 130 cm³/mol. The molecule has 2 atom stereocenters. The third-order valence-corrected chi connectivity index (χ3v) is 6.02. The number of amides is 2. The molecule has 174 valence electrons. The zero-order valence-electron chi connectivity index (χ0n) is 19.4. The van der Waals surface area contributed by atoms with Crippen LogP contribution in [0.5, 0.6) is 5.75 Å². The van der Waals surface area contributed by atoms with E-state index >= 15 is 0 Å². The molecular formula is C25H32Cl2N2O3. The quantitative estimate of drug-likeness (QED) is 0.475. The van der Waals surface area contributed by atoms with Gasteiger partial charge in [0.25, 0.3) is 5.91 Å². The Balaban J connectivity index is 2.29. The molecule has 0 bridgehead atoms. The lowest BCUT2D eigenvalue weighted by molar-refractivity contribution is -0.143. The summed E-state index contributed by atoms with van der Waals surface area (Å²) in [6, 6.07) is 10.3. The summed E-state index contributed by atoms with van der Waals surface area (Å²) in [7, 11) is 0. The number of aryl methyl sites for hydroxylation is 2. The highest BCUT2D eigenvalue weighted by atomic mass is 35.5. The van der Waals surface area contributed by atoms with Gasteiger partial charge in [-0.1, -0.05) is 55.2 Å². The Bertz CT molecular complexity index is 949. The number of benzene rings is 2. The van der Waals surface area contributed by atoms with E-state index in [4.69, 9.17) is 27.9 Å². The summed E-state index contributed by atoms with van der Waals surface area (Å²) in [6.07, 6.45) is 1.26. The largest absolute Gasteiger partial charge is 0.483 e. The maximum atomic E-state index is 13.3. The molecule has 5 nitrogen and oxygen atoms in total. The lowest BCUT2D eigenvalue weighted by atomic mass is 10.1. The van der Waals surface area contributed by atoms with Gasteiger partial charge < -0.3 is 15.0 Å². The van der Waals surface area contributed by atoms with Crippen LogP contribution < -0.4 is 10.1 Å². The first-order chi connectivity index (χ1) is 15.2. The molecule has 0 heterocycles. The van der Waals surface area contributed by atoms with E-state index in [0.29, 0.717) is 27.8 Å². The summed E-state index contributed by atoms with van der Waals surface area (Å²) in [5.41, 5.74) is 2.70. The second kappa shape index (κ2) is 12.1. The van der Waals surface area contributed by atoms with Crippen molar-refractivity contribution in [1.29, 1.82) is 0 Å². The SMILES string of the molecule is CC[C@@H](C)NC(=O)[C@H](CC)N(Cc1ccc(Cl)cc1Cl)C(=O)COc1cc(C)ccc1C.